The Kier molecular flexibility index (Phi) is 4.61. The lowest BCUT2D eigenvalue weighted by Crippen LogP contribution is -2.25. The third kappa shape index (κ3) is 4.06. The summed E-state index contributed by atoms with van der Waals surface area (Å²) in [4.78, 5) is 4.54. The molecule has 0 aromatic carbocycles. The van der Waals surface area contributed by atoms with Gasteiger partial charge in [-0.2, -0.15) is 0 Å². The second-order valence-electron chi connectivity index (χ2n) is 6.05. The highest BCUT2D eigenvalue weighted by Gasteiger charge is 2.20. The van der Waals surface area contributed by atoms with Crippen LogP contribution in [0.25, 0.3) is 0 Å². The van der Waals surface area contributed by atoms with Crippen molar-refractivity contribution in [2.24, 2.45) is 11.3 Å². The SMILES string of the molecule is CCCn1cc(C)nc1NCC(C)C(C)(C)C. The van der Waals surface area contributed by atoms with Crippen LogP contribution in [0.15, 0.2) is 6.20 Å². The minimum Gasteiger partial charge on any atom is -0.355 e. The molecule has 1 N–H and O–H groups in total. The normalized spacial score (nSPS) is 13.8. The Morgan fingerprint density at radius 2 is 2.06 bits per heavy atom. The molecule has 0 saturated heterocycles. The lowest BCUT2D eigenvalue weighted by Gasteiger charge is -2.27. The summed E-state index contributed by atoms with van der Waals surface area (Å²) in [6, 6.07) is 0. The van der Waals surface area contributed by atoms with Crippen LogP contribution in [0.4, 0.5) is 5.95 Å². The minimum atomic E-state index is 0.338. The van der Waals surface area contributed by atoms with Crippen molar-refractivity contribution < 1.29 is 0 Å². The van der Waals surface area contributed by atoms with Gasteiger partial charge in [-0.3, -0.25) is 0 Å². The Bertz CT molecular complexity index is 347. The summed E-state index contributed by atoms with van der Waals surface area (Å²) in [6.07, 6.45) is 3.26. The molecule has 1 unspecified atom stereocenters. The van der Waals surface area contributed by atoms with E-state index < -0.39 is 0 Å². The van der Waals surface area contributed by atoms with Crippen molar-refractivity contribution >= 4 is 5.95 Å². The monoisotopic (exact) mass is 237 g/mol. The Labute approximate surface area is 106 Å². The third-order valence-corrected chi connectivity index (χ3v) is 3.41. The van der Waals surface area contributed by atoms with Gasteiger partial charge in [-0.05, 0) is 24.7 Å². The molecule has 0 aliphatic rings. The van der Waals surface area contributed by atoms with Crippen LogP contribution in [-0.4, -0.2) is 16.1 Å². The maximum absolute atomic E-state index is 4.54. The number of nitrogens with one attached hydrogen (secondary N) is 1. The van der Waals surface area contributed by atoms with Crippen molar-refractivity contribution in [3.8, 4) is 0 Å². The predicted molar refractivity (Wildman–Crippen MR) is 74.4 cm³/mol. The first-order valence-electron chi connectivity index (χ1n) is 6.62. The summed E-state index contributed by atoms with van der Waals surface area (Å²) in [5.41, 5.74) is 1.42. The van der Waals surface area contributed by atoms with Crippen molar-refractivity contribution in [1.82, 2.24) is 9.55 Å². The molecule has 98 valence electrons. The van der Waals surface area contributed by atoms with Gasteiger partial charge < -0.3 is 9.88 Å². The molecule has 0 radical (unpaired) electrons. The van der Waals surface area contributed by atoms with Gasteiger partial charge in [0.25, 0.3) is 0 Å². The van der Waals surface area contributed by atoms with Crippen LogP contribution in [0.1, 0.15) is 46.7 Å². The Hall–Kier alpha value is -0.990. The van der Waals surface area contributed by atoms with E-state index in [1.807, 2.05) is 6.92 Å². The van der Waals surface area contributed by atoms with Crippen molar-refractivity contribution in [2.45, 2.75) is 54.5 Å². The number of imidazole rings is 1. The van der Waals surface area contributed by atoms with Crippen LogP contribution >= 0.6 is 0 Å². The lowest BCUT2D eigenvalue weighted by atomic mass is 9.82. The molecule has 0 saturated carbocycles. The first-order chi connectivity index (χ1) is 7.84. The Morgan fingerprint density at radius 1 is 1.41 bits per heavy atom. The summed E-state index contributed by atoms with van der Waals surface area (Å²) < 4.78 is 2.21. The molecular weight excluding hydrogens is 210 g/mol. The van der Waals surface area contributed by atoms with E-state index in [0.29, 0.717) is 11.3 Å². The van der Waals surface area contributed by atoms with Crippen molar-refractivity contribution in [2.75, 3.05) is 11.9 Å². The van der Waals surface area contributed by atoms with Crippen molar-refractivity contribution in [3.05, 3.63) is 11.9 Å². The zero-order valence-corrected chi connectivity index (χ0v) is 12.2. The molecule has 1 rings (SSSR count). The summed E-state index contributed by atoms with van der Waals surface area (Å²) in [6.45, 7) is 15.4. The van der Waals surface area contributed by atoms with E-state index in [1.54, 1.807) is 0 Å². The second kappa shape index (κ2) is 5.56. The van der Waals surface area contributed by atoms with Gasteiger partial charge in [0.2, 0.25) is 5.95 Å². The highest BCUT2D eigenvalue weighted by Crippen LogP contribution is 2.25. The molecule has 1 atom stereocenters. The van der Waals surface area contributed by atoms with Gasteiger partial charge in [0, 0.05) is 19.3 Å². The summed E-state index contributed by atoms with van der Waals surface area (Å²) in [5, 5.41) is 3.48. The zero-order valence-electron chi connectivity index (χ0n) is 12.2. The quantitative estimate of drug-likeness (QED) is 0.846. The number of anilines is 1. The average Bonchev–Trinajstić information content (AvgIpc) is 2.54. The topological polar surface area (TPSA) is 29.9 Å². The van der Waals surface area contributed by atoms with Crippen LogP contribution in [0.2, 0.25) is 0 Å². The van der Waals surface area contributed by atoms with Crippen molar-refractivity contribution in [1.29, 1.82) is 0 Å². The molecule has 0 spiro atoms. The number of rotatable bonds is 5. The number of nitrogens with zero attached hydrogens (tertiary/aromatic N) is 2. The first kappa shape index (κ1) is 14.1. The predicted octanol–water partition coefficient (Wildman–Crippen LogP) is 3.70. The number of aromatic nitrogens is 2. The van der Waals surface area contributed by atoms with Crippen molar-refractivity contribution in [3.63, 3.8) is 0 Å². The van der Waals surface area contributed by atoms with Gasteiger partial charge in [-0.1, -0.05) is 34.6 Å². The molecule has 0 fully saturated rings. The van der Waals surface area contributed by atoms with E-state index in [2.05, 4.69) is 55.7 Å². The Balaban J connectivity index is 2.62. The zero-order chi connectivity index (χ0) is 13.1. The van der Waals surface area contributed by atoms with Crippen LogP contribution in [0, 0.1) is 18.3 Å². The molecule has 3 heteroatoms. The molecule has 3 nitrogen and oxygen atoms in total. The number of hydrogen-bond donors (Lipinski definition) is 1. The van der Waals surface area contributed by atoms with Crippen LogP contribution in [-0.2, 0) is 6.54 Å². The van der Waals surface area contributed by atoms with E-state index in [0.717, 1.165) is 31.2 Å². The van der Waals surface area contributed by atoms with Gasteiger partial charge in [-0.25, -0.2) is 4.98 Å². The third-order valence-electron chi connectivity index (χ3n) is 3.41. The number of aryl methyl sites for hydroxylation is 2. The smallest absolute Gasteiger partial charge is 0.203 e. The average molecular weight is 237 g/mol. The highest BCUT2D eigenvalue weighted by atomic mass is 15.2. The molecule has 1 heterocycles. The fourth-order valence-corrected chi connectivity index (χ4v) is 1.65. The van der Waals surface area contributed by atoms with Crippen LogP contribution in [0.3, 0.4) is 0 Å². The van der Waals surface area contributed by atoms with Gasteiger partial charge in [0.15, 0.2) is 0 Å². The maximum atomic E-state index is 4.54. The van der Waals surface area contributed by atoms with Crippen LogP contribution in [0.5, 0.6) is 0 Å². The fourth-order valence-electron chi connectivity index (χ4n) is 1.65. The molecule has 1 aromatic rings. The van der Waals surface area contributed by atoms with E-state index >= 15 is 0 Å². The van der Waals surface area contributed by atoms with E-state index in [4.69, 9.17) is 0 Å². The molecule has 0 bridgehead atoms. The standard InChI is InChI=1S/C14H27N3/c1-7-8-17-10-12(3)16-13(17)15-9-11(2)14(4,5)6/h10-11H,7-9H2,1-6H3,(H,15,16). The largest absolute Gasteiger partial charge is 0.355 e. The fraction of sp³-hybridized carbons (Fsp3) is 0.786. The van der Waals surface area contributed by atoms with E-state index in [-0.39, 0.29) is 0 Å². The second-order valence-corrected chi connectivity index (χ2v) is 6.05. The number of hydrogen-bond acceptors (Lipinski definition) is 2. The maximum Gasteiger partial charge on any atom is 0.203 e. The summed E-state index contributed by atoms with van der Waals surface area (Å²) in [7, 11) is 0. The van der Waals surface area contributed by atoms with Gasteiger partial charge in [0.05, 0.1) is 5.69 Å². The van der Waals surface area contributed by atoms with Gasteiger partial charge in [0.1, 0.15) is 0 Å². The van der Waals surface area contributed by atoms with Gasteiger partial charge in [-0.15, -0.1) is 0 Å². The molecular formula is C14H27N3. The molecule has 0 aliphatic carbocycles. The van der Waals surface area contributed by atoms with Gasteiger partial charge >= 0.3 is 0 Å². The van der Waals surface area contributed by atoms with Crippen LogP contribution < -0.4 is 5.32 Å². The Morgan fingerprint density at radius 3 is 2.59 bits per heavy atom. The minimum absolute atomic E-state index is 0.338. The molecule has 1 aromatic heterocycles. The summed E-state index contributed by atoms with van der Waals surface area (Å²) >= 11 is 0. The lowest BCUT2D eigenvalue weighted by molar-refractivity contribution is 0.274. The first-order valence-corrected chi connectivity index (χ1v) is 6.62. The molecule has 0 aliphatic heterocycles. The molecule has 17 heavy (non-hydrogen) atoms. The molecule has 0 amide bonds. The van der Waals surface area contributed by atoms with E-state index in [9.17, 15) is 0 Å². The van der Waals surface area contributed by atoms with E-state index in [1.165, 1.54) is 0 Å². The summed E-state index contributed by atoms with van der Waals surface area (Å²) in [5.74, 6) is 1.63. The highest BCUT2D eigenvalue weighted by molar-refractivity contribution is 5.28.